The first-order valence-electron chi connectivity index (χ1n) is 10.2. The van der Waals surface area contributed by atoms with Gasteiger partial charge in [-0.3, -0.25) is 9.69 Å². The van der Waals surface area contributed by atoms with Crippen molar-refractivity contribution in [2.45, 2.75) is 39.1 Å². The van der Waals surface area contributed by atoms with Gasteiger partial charge in [-0.15, -0.1) is 10.2 Å². The fraction of sp³-hybridized carbons (Fsp3) is 0.304. The van der Waals surface area contributed by atoms with Crippen LogP contribution in [0, 0.1) is 6.92 Å². The second kappa shape index (κ2) is 8.93. The molecule has 1 aliphatic rings. The number of anilines is 1. The summed E-state index contributed by atoms with van der Waals surface area (Å²) in [6.07, 6.45) is -0.765. The van der Waals surface area contributed by atoms with Crippen molar-refractivity contribution in [2.75, 3.05) is 17.3 Å². The van der Waals surface area contributed by atoms with Crippen LogP contribution in [0.3, 0.4) is 0 Å². The third-order valence-electron chi connectivity index (χ3n) is 4.86. The highest BCUT2D eigenvalue weighted by atomic mass is 32.2. The molecule has 1 atom stereocenters. The second-order valence-corrected chi connectivity index (χ2v) is 8.26. The minimum absolute atomic E-state index is 0.162. The molecule has 4 rings (SSSR count). The summed E-state index contributed by atoms with van der Waals surface area (Å²) in [5, 5.41) is 9.22. The molecule has 8 heteroatoms. The van der Waals surface area contributed by atoms with Gasteiger partial charge in [0.25, 0.3) is 0 Å². The first-order valence-corrected chi connectivity index (χ1v) is 11.2. The Kier molecular flexibility index (Phi) is 6.08. The SMILES string of the molecule is CCOc1ccccc1C1Oc2nc(SCC)nnc2-c2cc(C)ccc2N1C(C)=O. The quantitative estimate of drug-likeness (QED) is 0.532. The molecule has 2 aromatic carbocycles. The average molecular weight is 437 g/mol. The molecule has 0 aliphatic carbocycles. The van der Waals surface area contributed by atoms with E-state index >= 15 is 0 Å². The van der Waals surface area contributed by atoms with E-state index in [1.165, 1.54) is 18.7 Å². The van der Waals surface area contributed by atoms with E-state index in [-0.39, 0.29) is 5.91 Å². The number of hydrogen-bond donors (Lipinski definition) is 0. The fourth-order valence-electron chi connectivity index (χ4n) is 3.58. The third kappa shape index (κ3) is 4.07. The number of carbonyl (C=O) groups is 1. The lowest BCUT2D eigenvalue weighted by Gasteiger charge is -2.30. The van der Waals surface area contributed by atoms with E-state index < -0.39 is 6.23 Å². The van der Waals surface area contributed by atoms with Crippen molar-refractivity contribution in [1.82, 2.24) is 15.2 Å². The highest BCUT2D eigenvalue weighted by Gasteiger charge is 2.36. The zero-order chi connectivity index (χ0) is 22.0. The van der Waals surface area contributed by atoms with Gasteiger partial charge in [0.1, 0.15) is 5.75 Å². The Morgan fingerprint density at radius 1 is 1.19 bits per heavy atom. The maximum atomic E-state index is 12.9. The van der Waals surface area contributed by atoms with Crippen LogP contribution in [0.4, 0.5) is 5.69 Å². The largest absolute Gasteiger partial charge is 0.493 e. The predicted octanol–water partition coefficient (Wildman–Crippen LogP) is 4.80. The molecule has 160 valence electrons. The van der Waals surface area contributed by atoms with Crippen molar-refractivity contribution < 1.29 is 14.3 Å². The molecular weight excluding hydrogens is 412 g/mol. The molecular formula is C23H24N4O3S. The topological polar surface area (TPSA) is 77.4 Å². The van der Waals surface area contributed by atoms with Gasteiger partial charge in [-0.05, 0) is 43.9 Å². The molecule has 0 spiro atoms. The second-order valence-electron chi connectivity index (χ2n) is 7.03. The molecule has 7 nitrogen and oxygen atoms in total. The van der Waals surface area contributed by atoms with Gasteiger partial charge in [-0.1, -0.05) is 42.4 Å². The van der Waals surface area contributed by atoms with Crippen LogP contribution in [0.25, 0.3) is 11.3 Å². The summed E-state index contributed by atoms with van der Waals surface area (Å²) in [4.78, 5) is 19.2. The fourth-order valence-corrected chi connectivity index (χ4v) is 4.09. The number of hydrogen-bond acceptors (Lipinski definition) is 7. The monoisotopic (exact) mass is 436 g/mol. The Hall–Kier alpha value is -3.13. The third-order valence-corrected chi connectivity index (χ3v) is 5.58. The lowest BCUT2D eigenvalue weighted by molar-refractivity contribution is -0.118. The number of carbonyl (C=O) groups excluding carboxylic acids is 1. The van der Waals surface area contributed by atoms with Crippen LogP contribution in [0.2, 0.25) is 0 Å². The molecule has 3 aromatic rings. The first kappa shape index (κ1) is 21.1. The summed E-state index contributed by atoms with van der Waals surface area (Å²) in [6, 6.07) is 13.4. The Morgan fingerprint density at radius 2 is 2.00 bits per heavy atom. The number of amides is 1. The standard InChI is InChI=1S/C23H24N4O3S/c1-5-29-19-10-8-7-9-16(19)22-27(15(4)28)18-12-11-14(3)13-17(18)20-21(30-22)24-23(26-25-20)31-6-2/h7-13,22H,5-6H2,1-4H3. The lowest BCUT2D eigenvalue weighted by atomic mass is 10.0. The van der Waals surface area contributed by atoms with E-state index in [2.05, 4.69) is 15.2 Å². The number of fused-ring (bicyclic) bond motifs is 3. The zero-order valence-electron chi connectivity index (χ0n) is 18.0. The van der Waals surface area contributed by atoms with Gasteiger partial charge < -0.3 is 9.47 Å². The number of aryl methyl sites for hydroxylation is 1. The predicted molar refractivity (Wildman–Crippen MR) is 121 cm³/mol. The van der Waals surface area contributed by atoms with Gasteiger partial charge in [-0.25, -0.2) is 0 Å². The highest BCUT2D eigenvalue weighted by Crippen LogP contribution is 2.45. The van der Waals surface area contributed by atoms with Crippen molar-refractivity contribution >= 4 is 23.4 Å². The van der Waals surface area contributed by atoms with E-state index in [1.807, 2.05) is 63.2 Å². The molecule has 1 unspecified atom stereocenters. The zero-order valence-corrected chi connectivity index (χ0v) is 18.8. The molecule has 2 heterocycles. The van der Waals surface area contributed by atoms with Gasteiger partial charge in [0.2, 0.25) is 23.2 Å². The Bertz CT molecular complexity index is 1120. The summed E-state index contributed by atoms with van der Waals surface area (Å²) < 4.78 is 12.3. The Labute approximate surface area is 185 Å². The molecule has 1 amide bonds. The summed E-state index contributed by atoms with van der Waals surface area (Å²) in [7, 11) is 0. The Morgan fingerprint density at radius 3 is 2.74 bits per heavy atom. The summed E-state index contributed by atoms with van der Waals surface area (Å²) >= 11 is 1.48. The number of rotatable bonds is 5. The van der Waals surface area contributed by atoms with E-state index in [4.69, 9.17) is 9.47 Å². The van der Waals surface area contributed by atoms with E-state index in [0.717, 1.165) is 22.4 Å². The number of ether oxygens (including phenoxy) is 2. The molecule has 1 aromatic heterocycles. The number of thioether (sulfide) groups is 1. The summed E-state index contributed by atoms with van der Waals surface area (Å²) in [5.74, 6) is 1.65. The van der Waals surface area contributed by atoms with Crippen LogP contribution in [-0.2, 0) is 4.79 Å². The van der Waals surface area contributed by atoms with Crippen molar-refractivity contribution in [3.63, 3.8) is 0 Å². The molecule has 0 radical (unpaired) electrons. The minimum atomic E-state index is -0.765. The van der Waals surface area contributed by atoms with E-state index in [1.54, 1.807) is 4.90 Å². The van der Waals surface area contributed by atoms with Crippen LogP contribution >= 0.6 is 11.8 Å². The van der Waals surface area contributed by atoms with Gasteiger partial charge in [0, 0.05) is 12.5 Å². The van der Waals surface area contributed by atoms with Crippen molar-refractivity contribution in [1.29, 1.82) is 0 Å². The van der Waals surface area contributed by atoms with E-state index in [9.17, 15) is 4.79 Å². The maximum absolute atomic E-state index is 12.9. The van der Waals surface area contributed by atoms with Crippen molar-refractivity contribution in [3.8, 4) is 22.9 Å². The van der Waals surface area contributed by atoms with Crippen LogP contribution in [0.5, 0.6) is 11.6 Å². The average Bonchev–Trinajstić information content (AvgIpc) is 2.88. The summed E-state index contributed by atoms with van der Waals surface area (Å²) in [6.45, 7) is 7.96. The van der Waals surface area contributed by atoms with Gasteiger partial charge in [0.15, 0.2) is 5.69 Å². The smallest absolute Gasteiger partial charge is 0.247 e. The number of benzene rings is 2. The lowest BCUT2D eigenvalue weighted by Crippen LogP contribution is -2.36. The number of nitrogens with zero attached hydrogens (tertiary/aromatic N) is 4. The molecule has 0 N–H and O–H groups in total. The molecule has 0 fully saturated rings. The highest BCUT2D eigenvalue weighted by molar-refractivity contribution is 7.99. The van der Waals surface area contributed by atoms with Gasteiger partial charge in [0.05, 0.1) is 17.9 Å². The van der Waals surface area contributed by atoms with Gasteiger partial charge in [-0.2, -0.15) is 4.98 Å². The minimum Gasteiger partial charge on any atom is -0.493 e. The molecule has 0 saturated heterocycles. The molecule has 0 saturated carbocycles. The van der Waals surface area contributed by atoms with Crippen LogP contribution < -0.4 is 14.4 Å². The van der Waals surface area contributed by atoms with Crippen molar-refractivity contribution in [3.05, 3.63) is 53.6 Å². The summed E-state index contributed by atoms with van der Waals surface area (Å²) in [5.41, 5.74) is 3.74. The maximum Gasteiger partial charge on any atom is 0.247 e. The number of aromatic nitrogens is 3. The van der Waals surface area contributed by atoms with E-state index in [0.29, 0.717) is 34.8 Å². The van der Waals surface area contributed by atoms with Crippen molar-refractivity contribution in [2.24, 2.45) is 0 Å². The first-order chi connectivity index (χ1) is 15.0. The van der Waals surface area contributed by atoms with Crippen LogP contribution in [0.1, 0.15) is 38.1 Å². The van der Waals surface area contributed by atoms with Crippen LogP contribution in [0.15, 0.2) is 47.6 Å². The molecule has 1 aliphatic heterocycles. The van der Waals surface area contributed by atoms with Gasteiger partial charge >= 0.3 is 0 Å². The Balaban J connectivity index is 1.97. The van der Waals surface area contributed by atoms with Crippen LogP contribution in [-0.4, -0.2) is 33.4 Å². The number of para-hydroxylation sites is 1. The normalized spacial score (nSPS) is 14.8. The molecule has 31 heavy (non-hydrogen) atoms. The molecule has 0 bridgehead atoms.